The van der Waals surface area contributed by atoms with E-state index in [-0.39, 0.29) is 23.8 Å². The van der Waals surface area contributed by atoms with Crippen molar-refractivity contribution >= 4 is 11.8 Å². The van der Waals surface area contributed by atoms with E-state index in [2.05, 4.69) is 61.3 Å². The molecule has 1 aliphatic carbocycles. The molecule has 2 aromatic carbocycles. The molecule has 0 unspecified atom stereocenters. The molecule has 33 heavy (non-hydrogen) atoms. The van der Waals surface area contributed by atoms with Gasteiger partial charge in [-0.2, -0.15) is 0 Å². The highest BCUT2D eigenvalue weighted by atomic mass is 16.5. The lowest BCUT2D eigenvalue weighted by atomic mass is 9.87. The molecule has 4 rings (SSSR count). The molecular formula is C28H36N2O3. The number of aryl methyl sites for hydroxylation is 1. The Balaban J connectivity index is 1.58. The standard InChI is InChI=1S/C28H36N2O3/c1-18(2)12-14-29-27(31)20(4)33-24-11-10-21-13-15-30(28(32)22-8-9-22)26(25(21)17-24)23-7-5-6-19(3)16-23/h5-7,10-11,16-18,20,22,26H,8-9,12-15H2,1-4H3,(H,29,31)/t20-,26-/m1/s1. The Kier molecular flexibility index (Phi) is 7.06. The molecule has 5 nitrogen and oxygen atoms in total. The number of benzene rings is 2. The molecule has 1 N–H and O–H groups in total. The van der Waals surface area contributed by atoms with E-state index in [1.165, 1.54) is 11.1 Å². The average molecular weight is 449 g/mol. The quantitative estimate of drug-likeness (QED) is 0.631. The number of fused-ring (bicyclic) bond motifs is 1. The number of rotatable bonds is 8. The fourth-order valence-electron chi connectivity index (χ4n) is 4.55. The molecule has 176 valence electrons. The second-order valence-corrected chi connectivity index (χ2v) is 9.97. The van der Waals surface area contributed by atoms with Crippen LogP contribution in [0.25, 0.3) is 0 Å². The van der Waals surface area contributed by atoms with Crippen LogP contribution in [0.4, 0.5) is 0 Å². The molecule has 0 spiro atoms. The summed E-state index contributed by atoms with van der Waals surface area (Å²) in [5.41, 5.74) is 4.65. The van der Waals surface area contributed by atoms with Crippen molar-refractivity contribution in [1.29, 1.82) is 0 Å². The molecule has 1 aliphatic heterocycles. The second kappa shape index (κ2) is 9.98. The fourth-order valence-corrected chi connectivity index (χ4v) is 4.55. The average Bonchev–Trinajstić information content (AvgIpc) is 3.63. The van der Waals surface area contributed by atoms with Gasteiger partial charge in [0.15, 0.2) is 6.10 Å². The maximum atomic E-state index is 13.2. The topological polar surface area (TPSA) is 58.6 Å². The molecular weight excluding hydrogens is 412 g/mol. The van der Waals surface area contributed by atoms with Crippen LogP contribution in [0.1, 0.15) is 68.3 Å². The Hall–Kier alpha value is -2.82. The SMILES string of the molecule is Cc1cccc([C@@H]2c3cc(O[C@H](C)C(=O)NCCC(C)C)ccc3CCN2C(=O)C2CC2)c1. The Morgan fingerprint density at radius 1 is 1.12 bits per heavy atom. The zero-order valence-electron chi connectivity index (χ0n) is 20.3. The Labute approximate surface area is 197 Å². The van der Waals surface area contributed by atoms with E-state index in [4.69, 9.17) is 4.74 Å². The molecule has 0 bridgehead atoms. The van der Waals surface area contributed by atoms with Gasteiger partial charge in [0.2, 0.25) is 5.91 Å². The molecule has 5 heteroatoms. The smallest absolute Gasteiger partial charge is 0.260 e. The number of hydrogen-bond donors (Lipinski definition) is 1. The first kappa shape index (κ1) is 23.3. The van der Waals surface area contributed by atoms with Crippen LogP contribution >= 0.6 is 0 Å². The molecule has 2 atom stereocenters. The van der Waals surface area contributed by atoms with Crippen molar-refractivity contribution in [2.24, 2.45) is 11.8 Å². The lowest BCUT2D eigenvalue weighted by Crippen LogP contribution is -2.41. The van der Waals surface area contributed by atoms with Crippen LogP contribution in [0.2, 0.25) is 0 Å². The number of nitrogens with one attached hydrogen (secondary N) is 1. The highest BCUT2D eigenvalue weighted by Gasteiger charge is 2.39. The summed E-state index contributed by atoms with van der Waals surface area (Å²) in [6, 6.07) is 14.4. The molecule has 1 fully saturated rings. The van der Waals surface area contributed by atoms with E-state index < -0.39 is 6.10 Å². The van der Waals surface area contributed by atoms with Gasteiger partial charge in [-0.25, -0.2) is 0 Å². The molecule has 2 aliphatic rings. The van der Waals surface area contributed by atoms with E-state index in [9.17, 15) is 9.59 Å². The lowest BCUT2D eigenvalue weighted by Gasteiger charge is -2.38. The minimum atomic E-state index is -0.583. The highest BCUT2D eigenvalue weighted by molar-refractivity contribution is 5.82. The number of carbonyl (C=O) groups is 2. The Morgan fingerprint density at radius 3 is 2.61 bits per heavy atom. The van der Waals surface area contributed by atoms with Crippen LogP contribution in [-0.2, 0) is 16.0 Å². The van der Waals surface area contributed by atoms with Crippen molar-refractivity contribution in [3.63, 3.8) is 0 Å². The van der Waals surface area contributed by atoms with Crippen LogP contribution in [0.5, 0.6) is 5.75 Å². The van der Waals surface area contributed by atoms with Crippen molar-refractivity contribution in [3.8, 4) is 5.75 Å². The summed E-state index contributed by atoms with van der Waals surface area (Å²) in [5.74, 6) is 1.54. The van der Waals surface area contributed by atoms with E-state index in [1.54, 1.807) is 6.92 Å². The number of hydrogen-bond acceptors (Lipinski definition) is 3. The molecule has 0 radical (unpaired) electrons. The Bertz CT molecular complexity index is 1010. The van der Waals surface area contributed by atoms with Gasteiger partial charge in [0.1, 0.15) is 5.75 Å². The third kappa shape index (κ3) is 5.58. The molecule has 0 aromatic heterocycles. The minimum absolute atomic E-state index is 0.103. The molecule has 1 heterocycles. The highest BCUT2D eigenvalue weighted by Crippen LogP contribution is 2.41. The molecule has 2 aromatic rings. The van der Waals surface area contributed by atoms with Gasteiger partial charge in [0.05, 0.1) is 6.04 Å². The fraction of sp³-hybridized carbons (Fsp3) is 0.500. The van der Waals surface area contributed by atoms with Gasteiger partial charge in [0, 0.05) is 19.0 Å². The van der Waals surface area contributed by atoms with Crippen LogP contribution in [0.3, 0.4) is 0 Å². The summed E-state index contributed by atoms with van der Waals surface area (Å²) in [6.45, 7) is 9.53. The van der Waals surface area contributed by atoms with Crippen molar-refractivity contribution in [3.05, 3.63) is 64.7 Å². The van der Waals surface area contributed by atoms with Gasteiger partial charge >= 0.3 is 0 Å². The molecule has 2 amide bonds. The van der Waals surface area contributed by atoms with Gasteiger partial charge in [-0.1, -0.05) is 49.7 Å². The summed E-state index contributed by atoms with van der Waals surface area (Å²) in [6.07, 6.45) is 3.19. The van der Waals surface area contributed by atoms with Gasteiger partial charge in [-0.15, -0.1) is 0 Å². The predicted molar refractivity (Wildman–Crippen MR) is 130 cm³/mol. The van der Waals surface area contributed by atoms with E-state index in [1.807, 2.05) is 12.1 Å². The Morgan fingerprint density at radius 2 is 1.91 bits per heavy atom. The zero-order chi connectivity index (χ0) is 23.5. The van der Waals surface area contributed by atoms with Gasteiger partial charge in [0.25, 0.3) is 5.91 Å². The van der Waals surface area contributed by atoms with E-state index >= 15 is 0 Å². The van der Waals surface area contributed by atoms with Crippen molar-refractivity contribution in [1.82, 2.24) is 10.2 Å². The first-order valence-corrected chi connectivity index (χ1v) is 12.3. The maximum absolute atomic E-state index is 13.2. The van der Waals surface area contributed by atoms with Crippen LogP contribution in [0.15, 0.2) is 42.5 Å². The van der Waals surface area contributed by atoms with Crippen LogP contribution in [0, 0.1) is 18.8 Å². The zero-order valence-corrected chi connectivity index (χ0v) is 20.3. The molecule has 1 saturated carbocycles. The summed E-state index contributed by atoms with van der Waals surface area (Å²) in [5, 5.41) is 2.96. The van der Waals surface area contributed by atoms with Gasteiger partial charge in [-0.05, 0) is 74.3 Å². The first-order valence-electron chi connectivity index (χ1n) is 12.3. The van der Waals surface area contributed by atoms with Crippen molar-refractivity contribution in [2.75, 3.05) is 13.1 Å². The summed E-state index contributed by atoms with van der Waals surface area (Å²) >= 11 is 0. The summed E-state index contributed by atoms with van der Waals surface area (Å²) < 4.78 is 6.05. The van der Waals surface area contributed by atoms with Crippen molar-refractivity contribution in [2.45, 2.75) is 65.5 Å². The third-order valence-corrected chi connectivity index (χ3v) is 6.62. The first-order chi connectivity index (χ1) is 15.8. The largest absolute Gasteiger partial charge is 0.481 e. The number of nitrogens with zero attached hydrogens (tertiary/aromatic N) is 1. The van der Waals surface area contributed by atoms with Crippen molar-refractivity contribution < 1.29 is 14.3 Å². The van der Waals surface area contributed by atoms with Crippen LogP contribution < -0.4 is 10.1 Å². The predicted octanol–water partition coefficient (Wildman–Crippen LogP) is 4.81. The number of ether oxygens (including phenoxy) is 1. The summed E-state index contributed by atoms with van der Waals surface area (Å²) in [7, 11) is 0. The molecule has 0 saturated heterocycles. The van der Waals surface area contributed by atoms with Gasteiger partial charge < -0.3 is 15.0 Å². The monoisotopic (exact) mass is 448 g/mol. The van der Waals surface area contributed by atoms with Crippen LogP contribution in [-0.4, -0.2) is 35.9 Å². The lowest BCUT2D eigenvalue weighted by molar-refractivity contribution is -0.134. The number of carbonyl (C=O) groups excluding carboxylic acids is 2. The maximum Gasteiger partial charge on any atom is 0.260 e. The summed E-state index contributed by atoms with van der Waals surface area (Å²) in [4.78, 5) is 27.7. The minimum Gasteiger partial charge on any atom is -0.481 e. The van der Waals surface area contributed by atoms with E-state index in [0.717, 1.165) is 43.4 Å². The second-order valence-electron chi connectivity index (χ2n) is 9.97. The third-order valence-electron chi connectivity index (χ3n) is 6.62. The van der Waals surface area contributed by atoms with E-state index in [0.29, 0.717) is 18.2 Å². The van der Waals surface area contributed by atoms with Gasteiger partial charge in [-0.3, -0.25) is 9.59 Å². The normalized spacial score (nSPS) is 18.6. The number of amides is 2.